The van der Waals surface area contributed by atoms with E-state index in [4.69, 9.17) is 4.74 Å². The van der Waals surface area contributed by atoms with Crippen molar-refractivity contribution in [3.8, 4) is 5.75 Å². The summed E-state index contributed by atoms with van der Waals surface area (Å²) in [7, 11) is 1.67. The molecule has 4 rings (SSSR count). The fraction of sp³-hybridized carbons (Fsp3) is 0.350. The molecule has 3 aromatic rings. The van der Waals surface area contributed by atoms with Crippen LogP contribution in [0.1, 0.15) is 11.4 Å². The van der Waals surface area contributed by atoms with Gasteiger partial charge < -0.3 is 9.64 Å². The highest BCUT2D eigenvalue weighted by Gasteiger charge is 2.19. The molecule has 0 saturated carbocycles. The number of hydrogen-bond acceptors (Lipinski definition) is 6. The van der Waals surface area contributed by atoms with Gasteiger partial charge in [-0.05, 0) is 40.3 Å². The fourth-order valence-corrected chi connectivity index (χ4v) is 3.37. The molecule has 0 amide bonds. The second-order valence-corrected chi connectivity index (χ2v) is 6.70. The van der Waals surface area contributed by atoms with Gasteiger partial charge in [-0.25, -0.2) is 4.68 Å². The van der Waals surface area contributed by atoms with Crippen molar-refractivity contribution in [2.75, 3.05) is 38.2 Å². The summed E-state index contributed by atoms with van der Waals surface area (Å²) < 4.78 is 7.09. The molecule has 7 nitrogen and oxygen atoms in total. The molecule has 2 heterocycles. The Morgan fingerprint density at radius 2 is 1.63 bits per heavy atom. The molecule has 0 atom stereocenters. The van der Waals surface area contributed by atoms with Crippen molar-refractivity contribution in [2.45, 2.75) is 13.1 Å². The molecule has 0 bridgehead atoms. The second kappa shape index (κ2) is 8.18. The molecule has 7 heteroatoms. The van der Waals surface area contributed by atoms with Crippen molar-refractivity contribution in [3.63, 3.8) is 0 Å². The predicted octanol–water partition coefficient (Wildman–Crippen LogP) is 2.05. The molecular formula is C20H24N6O. The van der Waals surface area contributed by atoms with Crippen LogP contribution in [0.15, 0.2) is 54.6 Å². The number of anilines is 1. The van der Waals surface area contributed by atoms with Gasteiger partial charge in [0.05, 0.1) is 20.2 Å². The van der Waals surface area contributed by atoms with Gasteiger partial charge in [-0.1, -0.05) is 30.3 Å². The van der Waals surface area contributed by atoms with Crippen molar-refractivity contribution in [1.82, 2.24) is 25.1 Å². The maximum absolute atomic E-state index is 5.21. The number of piperazine rings is 1. The third-order valence-electron chi connectivity index (χ3n) is 4.96. The number of aromatic nitrogens is 4. The van der Waals surface area contributed by atoms with Crippen LogP contribution in [0, 0.1) is 0 Å². The van der Waals surface area contributed by atoms with E-state index in [9.17, 15) is 0 Å². The van der Waals surface area contributed by atoms with Gasteiger partial charge >= 0.3 is 0 Å². The van der Waals surface area contributed by atoms with E-state index in [2.05, 4.69) is 55.7 Å². The summed E-state index contributed by atoms with van der Waals surface area (Å²) in [4.78, 5) is 4.84. The average molecular weight is 364 g/mol. The van der Waals surface area contributed by atoms with Crippen molar-refractivity contribution >= 4 is 5.69 Å². The Hall–Kier alpha value is -2.93. The van der Waals surface area contributed by atoms with E-state index in [-0.39, 0.29) is 0 Å². The standard InChI is InChI=1S/C20H24N6O/c1-27-19-9-7-17(8-10-19)15-26-20(21-22-23-26)16-24-11-13-25(14-12-24)18-5-3-2-4-6-18/h2-10H,11-16H2,1H3. The molecule has 0 spiro atoms. The Morgan fingerprint density at radius 1 is 0.889 bits per heavy atom. The smallest absolute Gasteiger partial charge is 0.165 e. The number of rotatable bonds is 6. The monoisotopic (exact) mass is 364 g/mol. The topological polar surface area (TPSA) is 59.3 Å². The number of para-hydroxylation sites is 1. The van der Waals surface area contributed by atoms with Crippen LogP contribution in [0.25, 0.3) is 0 Å². The van der Waals surface area contributed by atoms with E-state index in [0.29, 0.717) is 6.54 Å². The molecule has 1 aliphatic heterocycles. The van der Waals surface area contributed by atoms with E-state index in [1.165, 1.54) is 5.69 Å². The van der Waals surface area contributed by atoms with Crippen LogP contribution >= 0.6 is 0 Å². The maximum Gasteiger partial charge on any atom is 0.165 e. The minimum absolute atomic E-state index is 0.663. The molecule has 140 valence electrons. The van der Waals surface area contributed by atoms with E-state index in [0.717, 1.165) is 49.9 Å². The lowest BCUT2D eigenvalue weighted by Gasteiger charge is -2.35. The minimum Gasteiger partial charge on any atom is -0.497 e. The minimum atomic E-state index is 0.663. The van der Waals surface area contributed by atoms with E-state index in [1.54, 1.807) is 7.11 Å². The maximum atomic E-state index is 5.21. The summed E-state index contributed by atoms with van der Waals surface area (Å²) in [6, 6.07) is 18.6. The Kier molecular flexibility index (Phi) is 5.29. The molecule has 0 N–H and O–H groups in total. The van der Waals surface area contributed by atoms with Crippen molar-refractivity contribution in [3.05, 3.63) is 66.0 Å². The fourth-order valence-electron chi connectivity index (χ4n) is 3.37. The van der Waals surface area contributed by atoms with Gasteiger partial charge in [0.2, 0.25) is 0 Å². The first-order valence-electron chi connectivity index (χ1n) is 9.22. The molecule has 1 saturated heterocycles. The zero-order valence-corrected chi connectivity index (χ0v) is 15.5. The molecule has 2 aromatic carbocycles. The van der Waals surface area contributed by atoms with Crippen molar-refractivity contribution < 1.29 is 4.74 Å². The first-order valence-corrected chi connectivity index (χ1v) is 9.22. The highest BCUT2D eigenvalue weighted by atomic mass is 16.5. The number of nitrogens with zero attached hydrogens (tertiary/aromatic N) is 6. The Balaban J connectivity index is 1.35. The normalized spacial score (nSPS) is 15.1. The first-order chi connectivity index (χ1) is 13.3. The van der Waals surface area contributed by atoms with Crippen LogP contribution < -0.4 is 9.64 Å². The van der Waals surface area contributed by atoms with E-state index >= 15 is 0 Å². The van der Waals surface area contributed by atoms with Gasteiger partial charge in [0, 0.05) is 31.9 Å². The van der Waals surface area contributed by atoms with Crippen molar-refractivity contribution in [1.29, 1.82) is 0 Å². The van der Waals surface area contributed by atoms with Crippen LogP contribution in [0.3, 0.4) is 0 Å². The van der Waals surface area contributed by atoms with Gasteiger partial charge in [-0.3, -0.25) is 4.90 Å². The molecule has 0 unspecified atom stereocenters. The SMILES string of the molecule is COc1ccc(Cn2nnnc2CN2CCN(c3ccccc3)CC2)cc1. The van der Waals surface area contributed by atoms with Gasteiger partial charge in [0.15, 0.2) is 5.82 Å². The second-order valence-electron chi connectivity index (χ2n) is 6.70. The van der Waals surface area contributed by atoms with E-state index in [1.807, 2.05) is 28.9 Å². The zero-order valence-electron chi connectivity index (χ0n) is 15.5. The lowest BCUT2D eigenvalue weighted by Crippen LogP contribution is -2.46. The lowest BCUT2D eigenvalue weighted by molar-refractivity contribution is 0.240. The van der Waals surface area contributed by atoms with Gasteiger partial charge in [-0.15, -0.1) is 5.10 Å². The molecule has 0 aliphatic carbocycles. The molecule has 1 aliphatic rings. The lowest BCUT2D eigenvalue weighted by atomic mass is 10.2. The first kappa shape index (κ1) is 17.5. The number of tetrazole rings is 1. The van der Waals surface area contributed by atoms with Crippen LogP contribution in [0.4, 0.5) is 5.69 Å². The number of ether oxygens (including phenoxy) is 1. The Morgan fingerprint density at radius 3 is 2.33 bits per heavy atom. The molecule has 0 radical (unpaired) electrons. The summed E-state index contributed by atoms with van der Waals surface area (Å²) in [5.74, 6) is 1.76. The molecule has 1 fully saturated rings. The molecule has 27 heavy (non-hydrogen) atoms. The van der Waals surface area contributed by atoms with Crippen LogP contribution in [-0.4, -0.2) is 58.4 Å². The van der Waals surface area contributed by atoms with Crippen LogP contribution in [0.2, 0.25) is 0 Å². The average Bonchev–Trinajstić information content (AvgIpc) is 3.16. The largest absolute Gasteiger partial charge is 0.497 e. The highest BCUT2D eigenvalue weighted by Crippen LogP contribution is 2.17. The third-order valence-corrected chi connectivity index (χ3v) is 4.96. The van der Waals surface area contributed by atoms with Gasteiger partial charge in [0.25, 0.3) is 0 Å². The highest BCUT2D eigenvalue weighted by molar-refractivity contribution is 5.46. The molecular weight excluding hydrogens is 340 g/mol. The summed E-state index contributed by atoms with van der Waals surface area (Å²) in [6.07, 6.45) is 0. The number of methoxy groups -OCH3 is 1. The van der Waals surface area contributed by atoms with Crippen LogP contribution in [-0.2, 0) is 13.1 Å². The van der Waals surface area contributed by atoms with Crippen LogP contribution in [0.5, 0.6) is 5.75 Å². The van der Waals surface area contributed by atoms with Crippen molar-refractivity contribution in [2.24, 2.45) is 0 Å². The Bertz CT molecular complexity index is 840. The summed E-state index contributed by atoms with van der Waals surface area (Å²) >= 11 is 0. The van der Waals surface area contributed by atoms with Gasteiger partial charge in [-0.2, -0.15) is 0 Å². The number of benzene rings is 2. The zero-order chi connectivity index (χ0) is 18.5. The third kappa shape index (κ3) is 4.25. The summed E-state index contributed by atoms with van der Waals surface area (Å²) in [6.45, 7) is 5.48. The Labute approximate surface area is 159 Å². The molecule has 1 aromatic heterocycles. The summed E-state index contributed by atoms with van der Waals surface area (Å²) in [5, 5.41) is 12.3. The quantitative estimate of drug-likeness (QED) is 0.667. The number of hydrogen-bond donors (Lipinski definition) is 0. The predicted molar refractivity (Wildman–Crippen MR) is 104 cm³/mol. The van der Waals surface area contributed by atoms with E-state index < -0.39 is 0 Å². The summed E-state index contributed by atoms with van der Waals surface area (Å²) in [5.41, 5.74) is 2.44. The van der Waals surface area contributed by atoms with Gasteiger partial charge in [0.1, 0.15) is 5.75 Å².